The lowest BCUT2D eigenvalue weighted by Gasteiger charge is -2.14. The molecule has 114 valence electrons. The molecule has 1 atom stereocenters. The molecule has 1 amide bonds. The number of carboxylic acids is 1. The van der Waals surface area contributed by atoms with Crippen LogP contribution in [0.2, 0.25) is 0 Å². The summed E-state index contributed by atoms with van der Waals surface area (Å²) in [6.07, 6.45) is 3.77. The number of nitrogens with one attached hydrogen (secondary N) is 1. The van der Waals surface area contributed by atoms with Crippen LogP contribution in [0.3, 0.4) is 0 Å². The lowest BCUT2D eigenvalue weighted by atomic mass is 10.1. The second-order valence-electron chi connectivity index (χ2n) is 4.72. The molecule has 0 fully saturated rings. The fourth-order valence-corrected chi connectivity index (χ4v) is 1.84. The number of hydrogen-bond donors (Lipinski definition) is 2. The van der Waals surface area contributed by atoms with E-state index >= 15 is 0 Å². The molecule has 1 unspecified atom stereocenters. The van der Waals surface area contributed by atoms with Crippen molar-refractivity contribution in [3.8, 4) is 0 Å². The first kappa shape index (κ1) is 16.9. The minimum Gasteiger partial charge on any atom is -0.478 e. The molecule has 1 aromatic rings. The van der Waals surface area contributed by atoms with Gasteiger partial charge in [0.15, 0.2) is 0 Å². The smallest absolute Gasteiger partial charge is 0.328 e. The highest BCUT2D eigenvalue weighted by Gasteiger charge is 2.09. The number of carboxylic acid groups (broad SMARTS) is 1. The van der Waals surface area contributed by atoms with E-state index in [9.17, 15) is 9.59 Å². The number of amides is 1. The molecule has 0 bridgehead atoms. The zero-order valence-electron chi connectivity index (χ0n) is 12.3. The van der Waals surface area contributed by atoms with E-state index in [1.165, 1.54) is 6.08 Å². The standard InChI is InChI=1S/C16H21NO4/c1-12(17-15(18)4-3-11-21-2)14-8-5-13(6-9-14)7-10-16(19)20/h5-10,12H,3-4,11H2,1-2H3,(H,17,18)(H,19,20)/b10-7+. The fraction of sp³-hybridized carbons (Fsp3) is 0.375. The first-order valence-corrected chi connectivity index (χ1v) is 6.82. The molecule has 0 aromatic heterocycles. The predicted molar refractivity (Wildman–Crippen MR) is 80.8 cm³/mol. The summed E-state index contributed by atoms with van der Waals surface area (Å²) < 4.78 is 4.91. The highest BCUT2D eigenvalue weighted by molar-refractivity contribution is 5.85. The van der Waals surface area contributed by atoms with Crippen molar-refractivity contribution >= 4 is 18.0 Å². The zero-order valence-corrected chi connectivity index (χ0v) is 12.3. The Bertz CT molecular complexity index is 494. The van der Waals surface area contributed by atoms with Crippen LogP contribution in [0.4, 0.5) is 0 Å². The number of aliphatic carboxylic acids is 1. The summed E-state index contributed by atoms with van der Waals surface area (Å²) >= 11 is 0. The van der Waals surface area contributed by atoms with Gasteiger partial charge in [-0.1, -0.05) is 24.3 Å². The van der Waals surface area contributed by atoms with Gasteiger partial charge in [-0.2, -0.15) is 0 Å². The second kappa shape index (κ2) is 8.92. The van der Waals surface area contributed by atoms with E-state index in [0.717, 1.165) is 17.2 Å². The number of methoxy groups -OCH3 is 1. The highest BCUT2D eigenvalue weighted by Crippen LogP contribution is 2.14. The number of ether oxygens (including phenoxy) is 1. The van der Waals surface area contributed by atoms with Crippen LogP contribution in [0.25, 0.3) is 6.08 Å². The maximum absolute atomic E-state index is 11.7. The van der Waals surface area contributed by atoms with Gasteiger partial charge in [-0.15, -0.1) is 0 Å². The van der Waals surface area contributed by atoms with Gasteiger partial charge >= 0.3 is 5.97 Å². The van der Waals surface area contributed by atoms with Crippen molar-refractivity contribution in [2.75, 3.05) is 13.7 Å². The van der Waals surface area contributed by atoms with Crippen molar-refractivity contribution in [3.05, 3.63) is 41.5 Å². The first-order valence-electron chi connectivity index (χ1n) is 6.82. The van der Waals surface area contributed by atoms with Gasteiger partial charge in [0.25, 0.3) is 0 Å². The number of carbonyl (C=O) groups is 2. The predicted octanol–water partition coefficient (Wildman–Crippen LogP) is 2.39. The van der Waals surface area contributed by atoms with Gasteiger partial charge in [-0.3, -0.25) is 4.79 Å². The average Bonchev–Trinajstić information content (AvgIpc) is 2.45. The van der Waals surface area contributed by atoms with Crippen molar-refractivity contribution in [1.82, 2.24) is 5.32 Å². The summed E-state index contributed by atoms with van der Waals surface area (Å²) in [4.78, 5) is 22.1. The van der Waals surface area contributed by atoms with Crippen molar-refractivity contribution < 1.29 is 19.4 Å². The van der Waals surface area contributed by atoms with E-state index < -0.39 is 5.97 Å². The van der Waals surface area contributed by atoms with E-state index in [4.69, 9.17) is 9.84 Å². The second-order valence-corrected chi connectivity index (χ2v) is 4.72. The lowest BCUT2D eigenvalue weighted by Crippen LogP contribution is -2.26. The van der Waals surface area contributed by atoms with E-state index in [1.807, 2.05) is 31.2 Å². The quantitative estimate of drug-likeness (QED) is 0.569. The monoisotopic (exact) mass is 291 g/mol. The SMILES string of the molecule is COCCCC(=O)NC(C)c1ccc(/C=C/C(=O)O)cc1. The topological polar surface area (TPSA) is 75.6 Å². The van der Waals surface area contributed by atoms with Crippen LogP contribution in [0.1, 0.15) is 36.9 Å². The molecule has 1 rings (SSSR count). The summed E-state index contributed by atoms with van der Waals surface area (Å²) in [5, 5.41) is 11.5. The third-order valence-corrected chi connectivity index (χ3v) is 2.98. The molecule has 5 nitrogen and oxygen atoms in total. The van der Waals surface area contributed by atoms with Crippen LogP contribution in [0.5, 0.6) is 0 Å². The molecule has 21 heavy (non-hydrogen) atoms. The minimum atomic E-state index is -0.976. The maximum atomic E-state index is 11.7. The molecule has 1 aromatic carbocycles. The largest absolute Gasteiger partial charge is 0.478 e. The van der Waals surface area contributed by atoms with Crippen molar-refractivity contribution in [1.29, 1.82) is 0 Å². The summed E-state index contributed by atoms with van der Waals surface area (Å²) in [7, 11) is 1.61. The van der Waals surface area contributed by atoms with Crippen molar-refractivity contribution in [2.45, 2.75) is 25.8 Å². The zero-order chi connectivity index (χ0) is 15.7. The van der Waals surface area contributed by atoms with Gasteiger partial charge < -0.3 is 15.2 Å². The Labute approximate surface area is 124 Å². The van der Waals surface area contributed by atoms with E-state index in [2.05, 4.69) is 5.32 Å². The molecule has 0 spiro atoms. The van der Waals surface area contributed by atoms with E-state index in [-0.39, 0.29) is 11.9 Å². The Morgan fingerprint density at radius 3 is 2.57 bits per heavy atom. The Kier molecular flexibility index (Phi) is 7.18. The normalized spacial score (nSPS) is 12.3. The van der Waals surface area contributed by atoms with Gasteiger partial charge in [0.1, 0.15) is 0 Å². The molecule has 0 heterocycles. The Balaban J connectivity index is 2.52. The molecular formula is C16H21NO4. The van der Waals surface area contributed by atoms with Crippen molar-refractivity contribution in [3.63, 3.8) is 0 Å². The van der Waals surface area contributed by atoms with Crippen molar-refractivity contribution in [2.24, 2.45) is 0 Å². The van der Waals surface area contributed by atoms with Gasteiger partial charge in [-0.05, 0) is 30.5 Å². The van der Waals surface area contributed by atoms with Gasteiger partial charge in [0.2, 0.25) is 5.91 Å². The molecule has 0 saturated carbocycles. The van der Waals surface area contributed by atoms with Crippen LogP contribution in [-0.2, 0) is 14.3 Å². The van der Waals surface area contributed by atoms with Crippen LogP contribution < -0.4 is 5.32 Å². The third-order valence-electron chi connectivity index (χ3n) is 2.98. The highest BCUT2D eigenvalue weighted by atomic mass is 16.5. The van der Waals surface area contributed by atoms with E-state index in [1.54, 1.807) is 7.11 Å². The summed E-state index contributed by atoms with van der Waals surface area (Å²) in [5.41, 5.74) is 1.78. The fourth-order valence-electron chi connectivity index (χ4n) is 1.84. The molecule has 0 radical (unpaired) electrons. The summed E-state index contributed by atoms with van der Waals surface area (Å²) in [5.74, 6) is -0.981. The molecule has 0 saturated heterocycles. The number of benzene rings is 1. The van der Waals surface area contributed by atoms with Crippen LogP contribution >= 0.6 is 0 Å². The molecule has 2 N–H and O–H groups in total. The van der Waals surface area contributed by atoms with Crippen LogP contribution in [-0.4, -0.2) is 30.7 Å². The minimum absolute atomic E-state index is 0.00519. The van der Waals surface area contributed by atoms with Gasteiger partial charge in [0.05, 0.1) is 6.04 Å². The first-order chi connectivity index (χ1) is 10.0. The number of carbonyl (C=O) groups excluding carboxylic acids is 1. The molecule has 5 heteroatoms. The summed E-state index contributed by atoms with van der Waals surface area (Å²) in [6.45, 7) is 2.49. The Morgan fingerprint density at radius 1 is 1.33 bits per heavy atom. The van der Waals surface area contributed by atoms with Crippen LogP contribution in [0.15, 0.2) is 30.3 Å². The molecule has 0 aliphatic heterocycles. The lowest BCUT2D eigenvalue weighted by molar-refractivity contribution is -0.131. The Morgan fingerprint density at radius 2 is 2.00 bits per heavy atom. The number of rotatable bonds is 8. The molecule has 0 aliphatic rings. The average molecular weight is 291 g/mol. The van der Waals surface area contributed by atoms with Gasteiger partial charge in [0, 0.05) is 26.2 Å². The number of hydrogen-bond acceptors (Lipinski definition) is 3. The van der Waals surface area contributed by atoms with Gasteiger partial charge in [-0.25, -0.2) is 4.79 Å². The van der Waals surface area contributed by atoms with Crippen LogP contribution in [0, 0.1) is 0 Å². The van der Waals surface area contributed by atoms with E-state index in [0.29, 0.717) is 19.4 Å². The third kappa shape index (κ3) is 6.72. The molecular weight excluding hydrogens is 270 g/mol. The summed E-state index contributed by atoms with van der Waals surface area (Å²) in [6, 6.07) is 7.31. The maximum Gasteiger partial charge on any atom is 0.328 e. The Hall–Kier alpha value is -2.14. The molecule has 0 aliphatic carbocycles.